The molecule has 0 spiro atoms. The van der Waals surface area contributed by atoms with Crippen molar-refractivity contribution in [3.8, 4) is 11.5 Å². The van der Waals surface area contributed by atoms with Crippen molar-refractivity contribution in [2.24, 2.45) is 0 Å². The maximum absolute atomic E-state index is 13.1. The van der Waals surface area contributed by atoms with E-state index in [1.54, 1.807) is 10.7 Å². The lowest BCUT2D eigenvalue weighted by Gasteiger charge is -2.09. The van der Waals surface area contributed by atoms with E-state index in [1.807, 2.05) is 34.9 Å². The molecule has 5 aromatic rings. The van der Waals surface area contributed by atoms with Crippen LogP contribution in [-0.4, -0.2) is 39.3 Å². The zero-order chi connectivity index (χ0) is 21.2. The minimum Gasteiger partial charge on any atom is -0.421 e. The average Bonchev–Trinajstić information content (AvgIpc) is 3.55. The molecule has 0 radical (unpaired) electrons. The highest BCUT2D eigenvalue weighted by Gasteiger charge is 2.19. The molecule has 10 nitrogen and oxygen atoms in total. The molecule has 0 saturated heterocycles. The molecule has 0 bridgehead atoms. The molecule has 1 N–H and O–H groups in total. The van der Waals surface area contributed by atoms with Crippen molar-refractivity contribution in [3.63, 3.8) is 0 Å². The minimum absolute atomic E-state index is 0.204. The molecule has 158 valence electrons. The normalized spacial score (nSPS) is 11.6. The first-order valence-corrected chi connectivity index (χ1v) is 10.4. The Morgan fingerprint density at radius 2 is 1.90 bits per heavy atom. The van der Waals surface area contributed by atoms with Crippen LogP contribution in [0.15, 0.2) is 45.9 Å². The lowest BCUT2D eigenvalue weighted by molar-refractivity contribution is 0.501. The fourth-order valence-corrected chi connectivity index (χ4v) is 3.70. The van der Waals surface area contributed by atoms with Gasteiger partial charge in [-0.1, -0.05) is 38.0 Å². The monoisotopic (exact) mass is 418 g/mol. The fourth-order valence-electron chi connectivity index (χ4n) is 3.70. The van der Waals surface area contributed by atoms with Gasteiger partial charge in [-0.3, -0.25) is 9.36 Å². The molecule has 0 saturated carbocycles. The molecule has 0 aliphatic rings. The first-order chi connectivity index (χ1) is 15.3. The van der Waals surface area contributed by atoms with Gasteiger partial charge >= 0.3 is 0 Å². The molecular weight excluding hydrogens is 396 g/mol. The summed E-state index contributed by atoms with van der Waals surface area (Å²) in [4.78, 5) is 20.4. The van der Waals surface area contributed by atoms with Gasteiger partial charge in [0.05, 0.1) is 6.33 Å². The Kier molecular flexibility index (Phi) is 5.03. The van der Waals surface area contributed by atoms with Crippen molar-refractivity contribution in [2.75, 3.05) is 0 Å². The maximum atomic E-state index is 13.1. The van der Waals surface area contributed by atoms with Gasteiger partial charge < -0.3 is 9.40 Å². The van der Waals surface area contributed by atoms with Gasteiger partial charge in [-0.2, -0.15) is 0 Å². The van der Waals surface area contributed by atoms with E-state index in [-0.39, 0.29) is 5.56 Å². The largest absolute Gasteiger partial charge is 0.421 e. The number of H-pyrrole nitrogens is 1. The number of nitrogens with one attached hydrogen (secondary N) is 1. The van der Waals surface area contributed by atoms with Crippen LogP contribution in [0.25, 0.3) is 28.4 Å². The second kappa shape index (κ2) is 8.13. The molecule has 4 aromatic heterocycles. The van der Waals surface area contributed by atoms with Crippen molar-refractivity contribution < 1.29 is 4.42 Å². The Hall–Kier alpha value is -3.82. The van der Waals surface area contributed by atoms with E-state index in [4.69, 9.17) is 4.42 Å². The number of nitrogens with zero attached hydrogens (tertiary/aromatic N) is 7. The number of benzene rings is 1. The SMILES string of the molecule is CCCCCn1c2nc[nH]c2c(=O)n2c(CCc3nnc(-c4ccccc4)o3)nnc12. The summed E-state index contributed by atoms with van der Waals surface area (Å²) in [5, 5.41) is 16.8. The van der Waals surface area contributed by atoms with Crippen LogP contribution in [0.1, 0.15) is 37.9 Å². The Morgan fingerprint density at radius 3 is 2.74 bits per heavy atom. The van der Waals surface area contributed by atoms with Gasteiger partial charge in [0.2, 0.25) is 17.6 Å². The van der Waals surface area contributed by atoms with E-state index in [2.05, 4.69) is 37.3 Å². The Balaban J connectivity index is 1.45. The summed E-state index contributed by atoms with van der Waals surface area (Å²) in [6.45, 7) is 2.88. The van der Waals surface area contributed by atoms with Gasteiger partial charge in [-0.15, -0.1) is 20.4 Å². The van der Waals surface area contributed by atoms with Crippen LogP contribution in [0.5, 0.6) is 0 Å². The predicted octanol–water partition coefficient (Wildman–Crippen LogP) is 2.79. The molecule has 5 rings (SSSR count). The van der Waals surface area contributed by atoms with Crippen molar-refractivity contribution in [3.05, 3.63) is 58.7 Å². The average molecular weight is 418 g/mol. The number of fused-ring (bicyclic) bond motifs is 2. The highest BCUT2D eigenvalue weighted by atomic mass is 16.4. The maximum Gasteiger partial charge on any atom is 0.286 e. The Bertz CT molecular complexity index is 1380. The van der Waals surface area contributed by atoms with Crippen LogP contribution in [0.2, 0.25) is 0 Å². The third kappa shape index (κ3) is 3.49. The van der Waals surface area contributed by atoms with E-state index in [1.165, 1.54) is 0 Å². The van der Waals surface area contributed by atoms with Crippen molar-refractivity contribution >= 4 is 16.9 Å². The highest BCUT2D eigenvalue weighted by Crippen LogP contribution is 2.18. The summed E-state index contributed by atoms with van der Waals surface area (Å²) in [6.07, 6.45) is 5.61. The lowest BCUT2D eigenvalue weighted by atomic mass is 10.2. The molecule has 4 heterocycles. The van der Waals surface area contributed by atoms with Gasteiger partial charge in [-0.05, 0) is 18.6 Å². The zero-order valence-corrected chi connectivity index (χ0v) is 17.2. The number of aromatic amines is 1. The summed E-state index contributed by atoms with van der Waals surface area (Å²) in [5.41, 5.74) is 1.72. The minimum atomic E-state index is -0.204. The molecule has 0 aliphatic carbocycles. The summed E-state index contributed by atoms with van der Waals surface area (Å²) in [6, 6.07) is 9.61. The number of unbranched alkanes of at least 4 members (excludes halogenated alkanes) is 2. The topological polar surface area (TPSA) is 120 Å². The van der Waals surface area contributed by atoms with Crippen LogP contribution in [0.4, 0.5) is 0 Å². The molecule has 0 amide bonds. The molecular formula is C21H22N8O2. The fraction of sp³-hybridized carbons (Fsp3) is 0.333. The lowest BCUT2D eigenvalue weighted by Crippen LogP contribution is -2.21. The second-order valence-corrected chi connectivity index (χ2v) is 7.38. The van der Waals surface area contributed by atoms with Gasteiger partial charge in [0.1, 0.15) is 11.3 Å². The predicted molar refractivity (Wildman–Crippen MR) is 114 cm³/mol. The van der Waals surface area contributed by atoms with Crippen LogP contribution in [0.3, 0.4) is 0 Å². The van der Waals surface area contributed by atoms with Gasteiger partial charge in [0.15, 0.2) is 5.65 Å². The number of aryl methyl sites for hydroxylation is 3. The van der Waals surface area contributed by atoms with E-state index < -0.39 is 0 Å². The Morgan fingerprint density at radius 1 is 1.03 bits per heavy atom. The molecule has 0 unspecified atom stereocenters. The standard InChI is InChI=1S/C21H22N8O2/c1-2-3-7-12-28-18-17(22-13-23-18)20(30)29-15(24-27-21(28)29)10-11-16-25-26-19(31-16)14-8-5-4-6-9-14/h4-6,8-9,13H,2-3,7,10-12H2,1H3,(H,22,23). The van der Waals surface area contributed by atoms with E-state index in [0.717, 1.165) is 31.4 Å². The van der Waals surface area contributed by atoms with Crippen LogP contribution in [0, 0.1) is 0 Å². The van der Waals surface area contributed by atoms with Crippen LogP contribution >= 0.6 is 0 Å². The summed E-state index contributed by atoms with van der Waals surface area (Å²) in [5.74, 6) is 2.02. The van der Waals surface area contributed by atoms with Crippen LogP contribution < -0.4 is 5.56 Å². The van der Waals surface area contributed by atoms with Crippen molar-refractivity contribution in [1.82, 2.24) is 39.3 Å². The van der Waals surface area contributed by atoms with Crippen molar-refractivity contribution in [2.45, 2.75) is 45.6 Å². The quantitative estimate of drug-likeness (QED) is 0.385. The number of rotatable bonds is 8. The zero-order valence-electron chi connectivity index (χ0n) is 17.2. The molecule has 31 heavy (non-hydrogen) atoms. The van der Waals surface area contributed by atoms with Crippen molar-refractivity contribution in [1.29, 1.82) is 0 Å². The van der Waals surface area contributed by atoms with E-state index >= 15 is 0 Å². The molecule has 10 heteroatoms. The molecule has 1 aromatic carbocycles. The number of imidazole rings is 1. The van der Waals surface area contributed by atoms with Gasteiger partial charge in [-0.25, -0.2) is 9.38 Å². The molecule has 0 fully saturated rings. The summed E-state index contributed by atoms with van der Waals surface area (Å²) >= 11 is 0. The van der Waals surface area contributed by atoms with E-state index in [0.29, 0.717) is 47.4 Å². The molecule has 0 aliphatic heterocycles. The third-order valence-electron chi connectivity index (χ3n) is 5.28. The van der Waals surface area contributed by atoms with Gasteiger partial charge in [0, 0.05) is 24.9 Å². The number of hydrogen-bond donors (Lipinski definition) is 1. The first kappa shape index (κ1) is 19.2. The summed E-state index contributed by atoms with van der Waals surface area (Å²) in [7, 11) is 0. The smallest absolute Gasteiger partial charge is 0.286 e. The van der Waals surface area contributed by atoms with Crippen LogP contribution in [-0.2, 0) is 19.4 Å². The number of aromatic nitrogens is 8. The molecule has 0 atom stereocenters. The van der Waals surface area contributed by atoms with E-state index in [9.17, 15) is 4.79 Å². The summed E-state index contributed by atoms with van der Waals surface area (Å²) < 4.78 is 9.29. The Labute approximate surface area is 177 Å². The highest BCUT2D eigenvalue weighted by molar-refractivity contribution is 5.72. The third-order valence-corrected chi connectivity index (χ3v) is 5.28. The second-order valence-electron chi connectivity index (χ2n) is 7.38. The first-order valence-electron chi connectivity index (χ1n) is 10.4. The van der Waals surface area contributed by atoms with Gasteiger partial charge in [0.25, 0.3) is 5.56 Å². The number of hydrogen-bond acceptors (Lipinski definition) is 7.